The van der Waals surface area contributed by atoms with Crippen molar-refractivity contribution in [2.45, 2.75) is 6.54 Å². The molecular weight excluding hydrogens is 330 g/mol. The average molecular weight is 353 g/mol. The van der Waals surface area contributed by atoms with Crippen LogP contribution in [0.25, 0.3) is 11.0 Å². The van der Waals surface area contributed by atoms with Gasteiger partial charge in [-0.2, -0.15) is 0 Å². The van der Waals surface area contributed by atoms with Crippen molar-refractivity contribution in [2.75, 3.05) is 45.4 Å². The van der Waals surface area contributed by atoms with Gasteiger partial charge in [0.15, 0.2) is 5.75 Å². The summed E-state index contributed by atoms with van der Waals surface area (Å²) in [5, 5.41) is 0. The minimum absolute atomic E-state index is 0.726. The van der Waals surface area contributed by atoms with Gasteiger partial charge in [0.25, 0.3) is 0 Å². The Bertz CT molecular complexity index is 883. The molecule has 136 valence electrons. The van der Waals surface area contributed by atoms with Gasteiger partial charge in [-0.1, -0.05) is 12.1 Å². The second-order valence-electron chi connectivity index (χ2n) is 6.31. The molecule has 0 spiro atoms. The molecule has 1 aromatic heterocycles. The number of morpholine rings is 1. The zero-order chi connectivity index (χ0) is 17.9. The van der Waals surface area contributed by atoms with E-state index in [-0.39, 0.29) is 0 Å². The zero-order valence-electron chi connectivity index (χ0n) is 15.1. The Morgan fingerprint density at radius 2 is 1.77 bits per heavy atom. The van der Waals surface area contributed by atoms with E-state index in [1.807, 2.05) is 18.5 Å². The van der Waals surface area contributed by atoms with E-state index in [1.54, 1.807) is 14.2 Å². The Hall–Kier alpha value is -2.73. The number of hydrogen-bond acceptors (Lipinski definition) is 5. The van der Waals surface area contributed by atoms with Crippen LogP contribution in [0.3, 0.4) is 0 Å². The third kappa shape index (κ3) is 3.08. The van der Waals surface area contributed by atoms with E-state index in [0.717, 1.165) is 61.1 Å². The molecule has 1 fully saturated rings. The van der Waals surface area contributed by atoms with Gasteiger partial charge in [-0.3, -0.25) is 0 Å². The van der Waals surface area contributed by atoms with Gasteiger partial charge in [-0.25, -0.2) is 4.98 Å². The zero-order valence-corrected chi connectivity index (χ0v) is 15.1. The van der Waals surface area contributed by atoms with Crippen LogP contribution in [-0.4, -0.2) is 50.1 Å². The van der Waals surface area contributed by atoms with Crippen molar-refractivity contribution < 1.29 is 14.2 Å². The lowest BCUT2D eigenvalue weighted by Crippen LogP contribution is -2.36. The number of fused-ring (bicyclic) bond motifs is 1. The van der Waals surface area contributed by atoms with Crippen LogP contribution in [0, 0.1) is 0 Å². The minimum atomic E-state index is 0.726. The largest absolute Gasteiger partial charge is 0.497 e. The fraction of sp³-hybridized carbons (Fsp3) is 0.350. The Morgan fingerprint density at radius 3 is 2.46 bits per heavy atom. The van der Waals surface area contributed by atoms with Crippen molar-refractivity contribution in [1.29, 1.82) is 0 Å². The molecule has 2 aromatic carbocycles. The molecule has 0 N–H and O–H groups in total. The molecule has 0 radical (unpaired) electrons. The van der Waals surface area contributed by atoms with Crippen molar-refractivity contribution in [2.24, 2.45) is 0 Å². The first-order chi connectivity index (χ1) is 12.8. The molecule has 4 rings (SSSR count). The lowest BCUT2D eigenvalue weighted by atomic mass is 10.2. The second-order valence-corrected chi connectivity index (χ2v) is 6.31. The Labute approximate surface area is 152 Å². The topological polar surface area (TPSA) is 48.8 Å². The van der Waals surface area contributed by atoms with E-state index < -0.39 is 0 Å². The predicted molar refractivity (Wildman–Crippen MR) is 101 cm³/mol. The number of anilines is 1. The molecule has 3 aromatic rings. The van der Waals surface area contributed by atoms with Crippen LogP contribution in [0.1, 0.15) is 5.56 Å². The number of imidazole rings is 1. The summed E-state index contributed by atoms with van der Waals surface area (Å²) in [7, 11) is 3.40. The van der Waals surface area contributed by atoms with Gasteiger partial charge in [0.05, 0.1) is 45.0 Å². The standard InChI is InChI=1S/C20H23N3O3/c1-24-16-5-3-15(4-6-16)13-23-14-21-17-7-8-18(20(25-2)19(17)23)22-9-11-26-12-10-22/h3-8,14H,9-13H2,1-2H3. The molecule has 0 unspecified atom stereocenters. The number of ether oxygens (including phenoxy) is 3. The van der Waals surface area contributed by atoms with Gasteiger partial charge in [0, 0.05) is 19.6 Å². The van der Waals surface area contributed by atoms with Crippen molar-refractivity contribution in [3.05, 3.63) is 48.3 Å². The summed E-state index contributed by atoms with van der Waals surface area (Å²) in [6.07, 6.45) is 1.88. The lowest BCUT2D eigenvalue weighted by molar-refractivity contribution is 0.122. The molecule has 6 heteroatoms. The maximum absolute atomic E-state index is 5.82. The molecule has 0 aliphatic carbocycles. The van der Waals surface area contributed by atoms with Gasteiger partial charge in [-0.15, -0.1) is 0 Å². The van der Waals surface area contributed by atoms with E-state index in [1.165, 1.54) is 5.56 Å². The minimum Gasteiger partial charge on any atom is -0.497 e. The first kappa shape index (κ1) is 16.7. The molecule has 1 aliphatic heterocycles. The van der Waals surface area contributed by atoms with E-state index in [0.29, 0.717) is 0 Å². The summed E-state index contributed by atoms with van der Waals surface area (Å²) in [6, 6.07) is 12.3. The van der Waals surface area contributed by atoms with E-state index in [4.69, 9.17) is 14.2 Å². The highest BCUT2D eigenvalue weighted by Crippen LogP contribution is 2.36. The molecule has 1 saturated heterocycles. The van der Waals surface area contributed by atoms with Crippen LogP contribution in [0.2, 0.25) is 0 Å². The van der Waals surface area contributed by atoms with Crippen LogP contribution in [0.4, 0.5) is 5.69 Å². The summed E-state index contributed by atoms with van der Waals surface area (Å²) in [6.45, 7) is 3.95. The van der Waals surface area contributed by atoms with Gasteiger partial charge in [0.1, 0.15) is 11.3 Å². The average Bonchev–Trinajstić information content (AvgIpc) is 3.11. The lowest BCUT2D eigenvalue weighted by Gasteiger charge is -2.30. The highest BCUT2D eigenvalue weighted by atomic mass is 16.5. The quantitative estimate of drug-likeness (QED) is 0.706. The highest BCUT2D eigenvalue weighted by molar-refractivity contribution is 5.89. The SMILES string of the molecule is COc1ccc(Cn2cnc3ccc(N4CCOCC4)c(OC)c32)cc1. The molecular formula is C20H23N3O3. The summed E-state index contributed by atoms with van der Waals surface area (Å²) >= 11 is 0. The fourth-order valence-electron chi connectivity index (χ4n) is 3.42. The second kappa shape index (κ2) is 7.25. The molecule has 1 aliphatic rings. The number of rotatable bonds is 5. The highest BCUT2D eigenvalue weighted by Gasteiger charge is 2.20. The van der Waals surface area contributed by atoms with Crippen molar-refractivity contribution >= 4 is 16.7 Å². The van der Waals surface area contributed by atoms with Crippen molar-refractivity contribution in [1.82, 2.24) is 9.55 Å². The third-order valence-electron chi connectivity index (χ3n) is 4.78. The van der Waals surface area contributed by atoms with Crippen molar-refractivity contribution in [3.63, 3.8) is 0 Å². The Balaban J connectivity index is 1.72. The molecule has 0 atom stereocenters. The number of hydrogen-bond donors (Lipinski definition) is 0. The molecule has 2 heterocycles. The number of benzene rings is 2. The van der Waals surface area contributed by atoms with E-state index in [9.17, 15) is 0 Å². The van der Waals surface area contributed by atoms with Crippen LogP contribution in [-0.2, 0) is 11.3 Å². The molecule has 0 bridgehead atoms. The van der Waals surface area contributed by atoms with Crippen LogP contribution in [0.15, 0.2) is 42.7 Å². The predicted octanol–water partition coefficient (Wildman–Crippen LogP) is 2.94. The number of methoxy groups -OCH3 is 2. The summed E-state index contributed by atoms with van der Waals surface area (Å²) < 4.78 is 18.7. The molecule has 26 heavy (non-hydrogen) atoms. The maximum atomic E-state index is 5.82. The van der Waals surface area contributed by atoms with Gasteiger partial charge in [-0.05, 0) is 29.8 Å². The molecule has 6 nitrogen and oxygen atoms in total. The number of aromatic nitrogens is 2. The van der Waals surface area contributed by atoms with Gasteiger partial charge < -0.3 is 23.7 Å². The maximum Gasteiger partial charge on any atom is 0.168 e. The van der Waals surface area contributed by atoms with Crippen LogP contribution in [0.5, 0.6) is 11.5 Å². The molecule has 0 saturated carbocycles. The van der Waals surface area contributed by atoms with Crippen LogP contribution >= 0.6 is 0 Å². The normalized spacial score (nSPS) is 14.6. The van der Waals surface area contributed by atoms with Gasteiger partial charge >= 0.3 is 0 Å². The number of nitrogens with zero attached hydrogens (tertiary/aromatic N) is 3. The fourth-order valence-corrected chi connectivity index (χ4v) is 3.42. The van der Waals surface area contributed by atoms with Gasteiger partial charge in [0.2, 0.25) is 0 Å². The van der Waals surface area contributed by atoms with Crippen LogP contribution < -0.4 is 14.4 Å². The molecule has 0 amide bonds. The van der Waals surface area contributed by atoms with Crippen molar-refractivity contribution in [3.8, 4) is 11.5 Å². The monoisotopic (exact) mass is 353 g/mol. The summed E-state index contributed by atoms with van der Waals surface area (Å²) in [5.74, 6) is 1.73. The Kier molecular flexibility index (Phi) is 4.67. The first-order valence-corrected chi connectivity index (χ1v) is 8.77. The third-order valence-corrected chi connectivity index (χ3v) is 4.78. The van der Waals surface area contributed by atoms with E-state index >= 15 is 0 Å². The first-order valence-electron chi connectivity index (χ1n) is 8.77. The summed E-state index contributed by atoms with van der Waals surface area (Å²) in [5.41, 5.74) is 4.24. The smallest absolute Gasteiger partial charge is 0.168 e. The summed E-state index contributed by atoms with van der Waals surface area (Å²) in [4.78, 5) is 6.87. The van der Waals surface area contributed by atoms with E-state index in [2.05, 4.69) is 38.7 Å². The Morgan fingerprint density at radius 1 is 1.00 bits per heavy atom.